The first-order valence-electron chi connectivity index (χ1n) is 7.64. The number of oxazole rings is 1. The minimum atomic E-state index is -0.543. The van der Waals surface area contributed by atoms with Gasteiger partial charge in [-0.15, -0.1) is 0 Å². The van der Waals surface area contributed by atoms with Crippen molar-refractivity contribution in [1.82, 2.24) is 15.2 Å². The highest BCUT2D eigenvalue weighted by Gasteiger charge is 2.11. The molecule has 0 saturated heterocycles. The van der Waals surface area contributed by atoms with Gasteiger partial charge in [0, 0.05) is 32.1 Å². The summed E-state index contributed by atoms with van der Waals surface area (Å²) in [5.41, 5.74) is 2.91. The van der Waals surface area contributed by atoms with E-state index in [0.29, 0.717) is 25.4 Å². The Hall–Kier alpha value is -2.34. The van der Waals surface area contributed by atoms with Gasteiger partial charge in [-0.25, -0.2) is 9.78 Å². The van der Waals surface area contributed by atoms with E-state index < -0.39 is 6.10 Å². The van der Waals surface area contributed by atoms with Crippen LogP contribution in [0.25, 0.3) is 11.5 Å². The zero-order valence-corrected chi connectivity index (χ0v) is 13.7. The zero-order valence-electron chi connectivity index (χ0n) is 13.7. The molecule has 0 aliphatic rings. The molecule has 2 N–H and O–H groups in total. The standard InChI is InChI=1S/C17H23N3O3/c1-12-4-6-14(7-5-12)16-19-15(11-23-16)8-9-18-17(22)20(3)10-13(2)21/h4-7,11,13,21H,8-10H2,1-3H3,(H,18,22). The maximum absolute atomic E-state index is 11.8. The van der Waals surface area contributed by atoms with Crippen LogP contribution in [0.1, 0.15) is 18.2 Å². The van der Waals surface area contributed by atoms with Gasteiger partial charge in [0.25, 0.3) is 0 Å². The monoisotopic (exact) mass is 317 g/mol. The fourth-order valence-corrected chi connectivity index (χ4v) is 2.16. The minimum absolute atomic E-state index is 0.215. The van der Waals surface area contributed by atoms with Crippen LogP contribution in [0, 0.1) is 6.92 Å². The Balaban J connectivity index is 1.83. The molecular weight excluding hydrogens is 294 g/mol. The second-order valence-corrected chi connectivity index (χ2v) is 5.72. The lowest BCUT2D eigenvalue weighted by molar-refractivity contribution is 0.144. The quantitative estimate of drug-likeness (QED) is 0.856. The number of aromatic nitrogens is 1. The lowest BCUT2D eigenvalue weighted by atomic mass is 10.1. The molecule has 1 unspecified atom stereocenters. The Kier molecular flexibility index (Phi) is 5.76. The number of nitrogens with zero attached hydrogens (tertiary/aromatic N) is 2. The first kappa shape index (κ1) is 17.0. The molecule has 1 aromatic carbocycles. The highest BCUT2D eigenvalue weighted by atomic mass is 16.3. The van der Waals surface area contributed by atoms with Gasteiger partial charge in [0.2, 0.25) is 5.89 Å². The van der Waals surface area contributed by atoms with Crippen molar-refractivity contribution in [3.05, 3.63) is 41.8 Å². The SMILES string of the molecule is Cc1ccc(-c2nc(CCNC(=O)N(C)CC(C)O)co2)cc1. The summed E-state index contributed by atoms with van der Waals surface area (Å²) in [4.78, 5) is 17.7. The maximum Gasteiger partial charge on any atom is 0.317 e. The molecule has 0 saturated carbocycles. The van der Waals surface area contributed by atoms with Gasteiger partial charge >= 0.3 is 6.03 Å². The van der Waals surface area contributed by atoms with Crippen LogP contribution in [0.4, 0.5) is 4.79 Å². The number of carbonyl (C=O) groups is 1. The number of carbonyl (C=O) groups excluding carboxylic acids is 1. The molecule has 2 rings (SSSR count). The summed E-state index contributed by atoms with van der Waals surface area (Å²) in [7, 11) is 1.65. The van der Waals surface area contributed by atoms with E-state index in [4.69, 9.17) is 4.42 Å². The molecule has 1 atom stereocenters. The molecule has 0 radical (unpaired) electrons. The fraction of sp³-hybridized carbons (Fsp3) is 0.412. The second-order valence-electron chi connectivity index (χ2n) is 5.72. The van der Waals surface area contributed by atoms with E-state index in [9.17, 15) is 9.90 Å². The number of benzene rings is 1. The lowest BCUT2D eigenvalue weighted by Crippen LogP contribution is -2.41. The molecule has 0 fully saturated rings. The van der Waals surface area contributed by atoms with Crippen molar-refractivity contribution >= 4 is 6.03 Å². The van der Waals surface area contributed by atoms with Crippen LogP contribution in [0.2, 0.25) is 0 Å². The summed E-state index contributed by atoms with van der Waals surface area (Å²) >= 11 is 0. The van der Waals surface area contributed by atoms with Crippen LogP contribution >= 0.6 is 0 Å². The molecule has 0 spiro atoms. The molecule has 1 heterocycles. The largest absolute Gasteiger partial charge is 0.444 e. The number of aryl methyl sites for hydroxylation is 1. The summed E-state index contributed by atoms with van der Waals surface area (Å²) in [6.45, 7) is 4.43. The van der Waals surface area contributed by atoms with Gasteiger partial charge in [-0.2, -0.15) is 0 Å². The molecule has 0 bridgehead atoms. The Bertz CT molecular complexity index is 635. The van der Waals surface area contributed by atoms with Gasteiger partial charge in [0.15, 0.2) is 0 Å². The van der Waals surface area contributed by atoms with E-state index >= 15 is 0 Å². The number of rotatable bonds is 6. The molecule has 23 heavy (non-hydrogen) atoms. The maximum atomic E-state index is 11.8. The van der Waals surface area contributed by atoms with E-state index in [-0.39, 0.29) is 6.03 Å². The van der Waals surface area contributed by atoms with E-state index in [2.05, 4.69) is 10.3 Å². The average Bonchev–Trinajstić information content (AvgIpc) is 2.96. The van der Waals surface area contributed by atoms with Gasteiger partial charge in [0.1, 0.15) is 6.26 Å². The number of aliphatic hydroxyl groups excluding tert-OH is 1. The van der Waals surface area contributed by atoms with Crippen molar-refractivity contribution < 1.29 is 14.3 Å². The van der Waals surface area contributed by atoms with E-state index in [1.807, 2.05) is 31.2 Å². The predicted octanol–water partition coefficient (Wildman–Crippen LogP) is 2.21. The van der Waals surface area contributed by atoms with E-state index in [1.165, 1.54) is 10.5 Å². The zero-order chi connectivity index (χ0) is 16.8. The number of aliphatic hydroxyl groups is 1. The number of likely N-dealkylation sites (N-methyl/N-ethyl adjacent to an activating group) is 1. The van der Waals surface area contributed by atoms with Crippen LogP contribution in [-0.2, 0) is 6.42 Å². The Morgan fingerprint density at radius 3 is 2.74 bits per heavy atom. The fourth-order valence-electron chi connectivity index (χ4n) is 2.16. The van der Waals surface area contributed by atoms with Crippen molar-refractivity contribution in [2.24, 2.45) is 0 Å². The molecule has 2 aromatic rings. The number of hydrogen-bond acceptors (Lipinski definition) is 4. The van der Waals surface area contributed by atoms with Crippen LogP contribution < -0.4 is 5.32 Å². The van der Waals surface area contributed by atoms with Crippen LogP contribution in [0.3, 0.4) is 0 Å². The van der Waals surface area contributed by atoms with Crippen LogP contribution in [0.15, 0.2) is 34.9 Å². The Morgan fingerprint density at radius 2 is 2.09 bits per heavy atom. The summed E-state index contributed by atoms with van der Waals surface area (Å²) in [5, 5.41) is 12.0. The number of nitrogens with one attached hydrogen (secondary N) is 1. The summed E-state index contributed by atoms with van der Waals surface area (Å²) in [6, 6.07) is 7.75. The Morgan fingerprint density at radius 1 is 1.39 bits per heavy atom. The topological polar surface area (TPSA) is 78.6 Å². The van der Waals surface area contributed by atoms with Gasteiger partial charge in [-0.05, 0) is 26.0 Å². The van der Waals surface area contributed by atoms with Crippen LogP contribution in [0.5, 0.6) is 0 Å². The highest BCUT2D eigenvalue weighted by Crippen LogP contribution is 2.19. The molecule has 0 aliphatic heterocycles. The molecule has 6 nitrogen and oxygen atoms in total. The van der Waals surface area contributed by atoms with Crippen molar-refractivity contribution in [3.63, 3.8) is 0 Å². The lowest BCUT2D eigenvalue weighted by Gasteiger charge is -2.19. The predicted molar refractivity (Wildman–Crippen MR) is 88.1 cm³/mol. The van der Waals surface area contributed by atoms with Crippen molar-refractivity contribution in [1.29, 1.82) is 0 Å². The van der Waals surface area contributed by atoms with E-state index in [0.717, 1.165) is 11.3 Å². The van der Waals surface area contributed by atoms with Crippen molar-refractivity contribution in [3.8, 4) is 11.5 Å². The van der Waals surface area contributed by atoms with Crippen molar-refractivity contribution in [2.75, 3.05) is 20.1 Å². The third-order valence-corrected chi connectivity index (χ3v) is 3.39. The number of urea groups is 1. The van der Waals surface area contributed by atoms with Gasteiger partial charge in [0.05, 0.1) is 11.8 Å². The van der Waals surface area contributed by atoms with Gasteiger partial charge < -0.3 is 19.7 Å². The number of hydrogen-bond donors (Lipinski definition) is 2. The average molecular weight is 317 g/mol. The smallest absolute Gasteiger partial charge is 0.317 e. The number of amides is 2. The molecule has 6 heteroatoms. The molecule has 2 amide bonds. The molecule has 124 valence electrons. The first-order valence-corrected chi connectivity index (χ1v) is 7.64. The van der Waals surface area contributed by atoms with Crippen molar-refractivity contribution in [2.45, 2.75) is 26.4 Å². The minimum Gasteiger partial charge on any atom is -0.444 e. The first-order chi connectivity index (χ1) is 11.0. The third-order valence-electron chi connectivity index (χ3n) is 3.39. The third kappa shape index (κ3) is 5.10. The van der Waals surface area contributed by atoms with Gasteiger partial charge in [-0.1, -0.05) is 17.7 Å². The highest BCUT2D eigenvalue weighted by molar-refractivity contribution is 5.73. The molecular formula is C17H23N3O3. The van der Waals surface area contributed by atoms with Crippen LogP contribution in [-0.4, -0.2) is 47.3 Å². The normalized spacial score (nSPS) is 12.0. The second kappa shape index (κ2) is 7.78. The summed E-state index contributed by atoms with van der Waals surface area (Å²) in [5.74, 6) is 0.581. The molecule has 0 aliphatic carbocycles. The summed E-state index contributed by atoms with van der Waals surface area (Å²) in [6.07, 6.45) is 1.66. The summed E-state index contributed by atoms with van der Waals surface area (Å²) < 4.78 is 5.48. The van der Waals surface area contributed by atoms with E-state index in [1.54, 1.807) is 20.2 Å². The molecule has 1 aromatic heterocycles. The Labute approximate surface area is 136 Å². The van der Waals surface area contributed by atoms with Gasteiger partial charge in [-0.3, -0.25) is 0 Å².